The van der Waals surface area contributed by atoms with E-state index in [-0.39, 0.29) is 11.8 Å². The average Bonchev–Trinajstić information content (AvgIpc) is 3.34. The van der Waals surface area contributed by atoms with Gasteiger partial charge >= 0.3 is 0 Å². The predicted octanol–water partition coefficient (Wildman–Crippen LogP) is 3.30. The summed E-state index contributed by atoms with van der Waals surface area (Å²) in [6, 6.07) is 13.5. The maximum Gasteiger partial charge on any atom is 0.254 e. The molecule has 2 amide bonds. The molecule has 0 bridgehead atoms. The van der Waals surface area contributed by atoms with Gasteiger partial charge in [0.1, 0.15) is 5.60 Å². The number of carbonyl (C=O) groups is 2. The highest BCUT2D eigenvalue weighted by molar-refractivity contribution is 6.33. The van der Waals surface area contributed by atoms with Gasteiger partial charge in [-0.2, -0.15) is 0 Å². The molecule has 30 heavy (non-hydrogen) atoms. The third-order valence-corrected chi connectivity index (χ3v) is 6.37. The zero-order chi connectivity index (χ0) is 20.9. The molecule has 0 unspecified atom stereocenters. The number of nitrogens with zero attached hydrogens (tertiary/aromatic N) is 2. The number of benzene rings is 2. The molecule has 1 aliphatic heterocycles. The number of hydrogen-bond acceptors (Lipinski definition) is 3. The number of hydrogen-bond donors (Lipinski definition) is 2. The van der Waals surface area contributed by atoms with E-state index in [1.165, 1.54) is 0 Å². The van der Waals surface area contributed by atoms with Crippen molar-refractivity contribution in [1.29, 1.82) is 0 Å². The topological polar surface area (TPSA) is 76.6 Å². The van der Waals surface area contributed by atoms with Crippen molar-refractivity contribution < 1.29 is 14.7 Å². The van der Waals surface area contributed by atoms with Gasteiger partial charge < -0.3 is 19.9 Å². The van der Waals surface area contributed by atoms with E-state index in [1.54, 1.807) is 21.9 Å². The number of amides is 2. The molecule has 5 rings (SSSR count). The maximum absolute atomic E-state index is 12.9. The summed E-state index contributed by atoms with van der Waals surface area (Å²) in [7, 11) is 0. The van der Waals surface area contributed by atoms with Crippen molar-refractivity contribution in [2.45, 2.75) is 18.4 Å². The number of piperazine rings is 1. The van der Waals surface area contributed by atoms with Crippen LogP contribution in [-0.4, -0.2) is 63.5 Å². The second kappa shape index (κ2) is 7.15. The largest absolute Gasteiger partial charge is 0.380 e. The highest BCUT2D eigenvalue weighted by atomic mass is 35.5. The molecule has 2 aliphatic rings. The second-order valence-corrected chi connectivity index (χ2v) is 8.50. The first-order chi connectivity index (χ1) is 14.4. The van der Waals surface area contributed by atoms with Gasteiger partial charge in [-0.25, -0.2) is 0 Å². The van der Waals surface area contributed by atoms with Crippen LogP contribution in [0.25, 0.3) is 22.0 Å². The zero-order valence-corrected chi connectivity index (χ0v) is 17.2. The van der Waals surface area contributed by atoms with E-state index < -0.39 is 5.60 Å². The van der Waals surface area contributed by atoms with Crippen LogP contribution in [0.4, 0.5) is 0 Å². The smallest absolute Gasteiger partial charge is 0.254 e. The van der Waals surface area contributed by atoms with Gasteiger partial charge in [0.05, 0.1) is 0 Å². The van der Waals surface area contributed by atoms with Gasteiger partial charge in [0.2, 0.25) is 0 Å². The highest BCUT2D eigenvalue weighted by Crippen LogP contribution is 2.37. The number of carbonyl (C=O) groups excluding carboxylic acids is 2. The summed E-state index contributed by atoms with van der Waals surface area (Å²) in [5, 5.41) is 11.6. The molecule has 1 aliphatic carbocycles. The minimum atomic E-state index is -1.15. The molecule has 2 aromatic carbocycles. The summed E-state index contributed by atoms with van der Waals surface area (Å²) in [6.07, 6.45) is 2.97. The number of fused-ring (bicyclic) bond motifs is 1. The van der Waals surface area contributed by atoms with Crippen molar-refractivity contribution in [2.24, 2.45) is 0 Å². The molecule has 7 heteroatoms. The lowest BCUT2D eigenvalue weighted by molar-refractivity contribution is -0.143. The van der Waals surface area contributed by atoms with E-state index in [4.69, 9.17) is 11.6 Å². The lowest BCUT2D eigenvalue weighted by Crippen LogP contribution is -2.53. The maximum atomic E-state index is 12.9. The van der Waals surface area contributed by atoms with Crippen molar-refractivity contribution in [2.75, 3.05) is 26.2 Å². The van der Waals surface area contributed by atoms with Crippen LogP contribution in [0.3, 0.4) is 0 Å². The molecule has 6 nitrogen and oxygen atoms in total. The fourth-order valence-corrected chi connectivity index (χ4v) is 4.31. The molecular formula is C23H22ClN3O3. The molecule has 1 saturated carbocycles. The van der Waals surface area contributed by atoms with Crippen LogP contribution >= 0.6 is 11.6 Å². The number of rotatable bonds is 3. The van der Waals surface area contributed by atoms with Gasteiger partial charge in [-0.1, -0.05) is 23.7 Å². The van der Waals surface area contributed by atoms with Gasteiger partial charge in [-0.3, -0.25) is 9.59 Å². The number of aromatic amines is 1. The van der Waals surface area contributed by atoms with Gasteiger partial charge in [-0.05, 0) is 54.1 Å². The Hall–Kier alpha value is -2.83. The third kappa shape index (κ3) is 3.36. The second-order valence-electron chi connectivity index (χ2n) is 8.09. The summed E-state index contributed by atoms with van der Waals surface area (Å²) < 4.78 is 0. The summed E-state index contributed by atoms with van der Waals surface area (Å²) in [5.41, 5.74) is 2.32. The number of aromatic nitrogens is 1. The van der Waals surface area contributed by atoms with Crippen LogP contribution in [0, 0.1) is 0 Å². The Kier molecular flexibility index (Phi) is 4.56. The van der Waals surface area contributed by atoms with Gasteiger partial charge in [0, 0.05) is 54.0 Å². The fraction of sp³-hybridized carbons (Fsp3) is 0.304. The van der Waals surface area contributed by atoms with E-state index in [0.29, 0.717) is 49.6 Å². The summed E-state index contributed by atoms with van der Waals surface area (Å²) >= 11 is 6.53. The lowest BCUT2D eigenvalue weighted by Gasteiger charge is -2.35. The average molecular weight is 424 g/mol. The van der Waals surface area contributed by atoms with Gasteiger partial charge in [0.25, 0.3) is 11.8 Å². The normalized spacial score (nSPS) is 17.9. The molecular weight excluding hydrogens is 402 g/mol. The Morgan fingerprint density at radius 1 is 0.967 bits per heavy atom. The Morgan fingerprint density at radius 2 is 1.70 bits per heavy atom. The van der Waals surface area contributed by atoms with Crippen molar-refractivity contribution in [3.8, 4) is 11.1 Å². The quantitative estimate of drug-likeness (QED) is 0.678. The minimum Gasteiger partial charge on any atom is -0.380 e. The van der Waals surface area contributed by atoms with Crippen molar-refractivity contribution in [3.63, 3.8) is 0 Å². The number of nitrogens with one attached hydrogen (secondary N) is 1. The highest BCUT2D eigenvalue weighted by Gasteiger charge is 2.50. The van der Waals surface area contributed by atoms with Gasteiger partial charge in [0.15, 0.2) is 0 Å². The first-order valence-electron chi connectivity index (χ1n) is 10.1. The first-order valence-corrected chi connectivity index (χ1v) is 10.5. The monoisotopic (exact) mass is 423 g/mol. The van der Waals surface area contributed by atoms with Crippen LogP contribution < -0.4 is 0 Å². The molecule has 3 aromatic rings. The Balaban J connectivity index is 1.29. The standard InChI is InChI=1S/C23H22ClN3O3/c24-19-14-17(1-3-18(19)15-2-4-20-16(13-15)5-8-25-20)21(28)26-9-11-27(12-10-26)22(29)23(30)6-7-23/h1-5,8,13-14,25,30H,6-7,9-12H2. The first kappa shape index (κ1) is 19.2. The Labute approximate surface area is 179 Å². The van der Waals surface area contributed by atoms with Crippen LogP contribution in [0.5, 0.6) is 0 Å². The molecule has 1 aromatic heterocycles. The number of aliphatic hydroxyl groups is 1. The molecule has 1 saturated heterocycles. The minimum absolute atomic E-state index is 0.0956. The number of H-pyrrole nitrogens is 1. The summed E-state index contributed by atoms with van der Waals surface area (Å²) in [5.74, 6) is -0.303. The molecule has 2 N–H and O–H groups in total. The summed E-state index contributed by atoms with van der Waals surface area (Å²) in [4.78, 5) is 31.8. The molecule has 2 fully saturated rings. The van der Waals surface area contributed by atoms with Crippen LogP contribution in [-0.2, 0) is 4.79 Å². The Morgan fingerprint density at radius 3 is 2.40 bits per heavy atom. The van der Waals surface area contributed by atoms with Crippen LogP contribution in [0.1, 0.15) is 23.2 Å². The molecule has 0 spiro atoms. The van der Waals surface area contributed by atoms with Gasteiger partial charge in [-0.15, -0.1) is 0 Å². The number of halogens is 1. The van der Waals surface area contributed by atoms with E-state index in [9.17, 15) is 14.7 Å². The van der Waals surface area contributed by atoms with Crippen LogP contribution in [0.2, 0.25) is 5.02 Å². The van der Waals surface area contributed by atoms with E-state index in [0.717, 1.165) is 22.0 Å². The third-order valence-electron chi connectivity index (χ3n) is 6.06. The zero-order valence-electron chi connectivity index (χ0n) is 16.4. The summed E-state index contributed by atoms with van der Waals surface area (Å²) in [6.45, 7) is 1.78. The predicted molar refractivity (Wildman–Crippen MR) is 115 cm³/mol. The van der Waals surface area contributed by atoms with Crippen molar-refractivity contribution in [3.05, 3.63) is 59.2 Å². The molecule has 0 radical (unpaired) electrons. The lowest BCUT2D eigenvalue weighted by atomic mass is 10.0. The van der Waals surface area contributed by atoms with E-state index >= 15 is 0 Å². The van der Waals surface area contributed by atoms with Crippen LogP contribution in [0.15, 0.2) is 48.7 Å². The molecule has 154 valence electrons. The fourth-order valence-electron chi connectivity index (χ4n) is 4.02. The van der Waals surface area contributed by atoms with E-state index in [1.807, 2.05) is 30.5 Å². The molecule has 2 heterocycles. The SMILES string of the molecule is O=C(c1ccc(-c2ccc3[nH]ccc3c2)c(Cl)c1)N1CCN(C(=O)C2(O)CC2)CC1. The van der Waals surface area contributed by atoms with Crippen molar-refractivity contribution in [1.82, 2.24) is 14.8 Å². The molecule has 0 atom stereocenters. The Bertz CT molecular complexity index is 1140. The van der Waals surface area contributed by atoms with E-state index in [2.05, 4.69) is 11.1 Å². The van der Waals surface area contributed by atoms with Crippen molar-refractivity contribution >= 4 is 34.3 Å².